The van der Waals surface area contributed by atoms with Crippen LogP contribution in [0.15, 0.2) is 28.8 Å². The van der Waals surface area contributed by atoms with E-state index in [2.05, 4.69) is 10.1 Å². The molecule has 0 aliphatic carbocycles. The summed E-state index contributed by atoms with van der Waals surface area (Å²) in [5, 5.41) is 3.86. The molecule has 1 aromatic carbocycles. The Morgan fingerprint density at radius 2 is 2.00 bits per heavy atom. The highest BCUT2D eigenvalue weighted by Gasteiger charge is 2.06. The van der Waals surface area contributed by atoms with Crippen molar-refractivity contribution in [2.45, 2.75) is 19.3 Å². The summed E-state index contributed by atoms with van der Waals surface area (Å²) in [5.74, 6) is 1.55. The van der Waals surface area contributed by atoms with E-state index in [-0.39, 0.29) is 5.82 Å². The highest BCUT2D eigenvalue weighted by atomic mass is 35.5. The van der Waals surface area contributed by atoms with Crippen molar-refractivity contribution in [3.05, 3.63) is 47.4 Å². The van der Waals surface area contributed by atoms with Gasteiger partial charge in [-0.2, -0.15) is 4.98 Å². The van der Waals surface area contributed by atoms with E-state index >= 15 is 0 Å². The molecule has 0 radical (unpaired) electrons. The van der Waals surface area contributed by atoms with Crippen molar-refractivity contribution in [1.29, 1.82) is 0 Å². The molecular formula is C12H12ClFN2O. The Hall–Kier alpha value is -1.42. The molecule has 0 aliphatic heterocycles. The van der Waals surface area contributed by atoms with Crippen molar-refractivity contribution in [1.82, 2.24) is 10.1 Å². The zero-order chi connectivity index (χ0) is 12.1. The van der Waals surface area contributed by atoms with Crippen molar-refractivity contribution < 1.29 is 8.91 Å². The lowest BCUT2D eigenvalue weighted by Crippen LogP contribution is -1.92. The maximum absolute atomic E-state index is 12.7. The Kier molecular flexibility index (Phi) is 4.09. The van der Waals surface area contributed by atoms with Gasteiger partial charge < -0.3 is 4.52 Å². The van der Waals surface area contributed by atoms with Gasteiger partial charge in [0.15, 0.2) is 5.82 Å². The van der Waals surface area contributed by atoms with Gasteiger partial charge in [0.05, 0.1) is 0 Å². The molecule has 0 aliphatic rings. The molecule has 3 nitrogen and oxygen atoms in total. The number of aryl methyl sites for hydroxylation is 1. The van der Waals surface area contributed by atoms with E-state index in [9.17, 15) is 4.39 Å². The molecule has 90 valence electrons. The average Bonchev–Trinajstić information content (AvgIpc) is 2.77. The van der Waals surface area contributed by atoms with E-state index in [1.54, 1.807) is 12.1 Å². The molecule has 0 atom stereocenters. The lowest BCUT2D eigenvalue weighted by Gasteiger charge is -1.95. The average molecular weight is 255 g/mol. The fourth-order valence-electron chi connectivity index (χ4n) is 1.47. The van der Waals surface area contributed by atoms with Gasteiger partial charge in [-0.15, -0.1) is 11.6 Å². The van der Waals surface area contributed by atoms with Gasteiger partial charge >= 0.3 is 0 Å². The Bertz CT molecular complexity index is 470. The molecule has 0 N–H and O–H groups in total. The van der Waals surface area contributed by atoms with Gasteiger partial charge in [0.25, 0.3) is 0 Å². The molecule has 0 amide bonds. The largest absolute Gasteiger partial charge is 0.339 e. The molecular weight excluding hydrogens is 243 g/mol. The Labute approximate surface area is 104 Å². The highest BCUT2D eigenvalue weighted by Crippen LogP contribution is 2.09. The predicted molar refractivity (Wildman–Crippen MR) is 62.5 cm³/mol. The topological polar surface area (TPSA) is 38.9 Å². The summed E-state index contributed by atoms with van der Waals surface area (Å²) in [7, 11) is 0. The number of alkyl halides is 1. The van der Waals surface area contributed by atoms with Crippen molar-refractivity contribution in [2.75, 3.05) is 5.88 Å². The van der Waals surface area contributed by atoms with E-state index in [4.69, 9.17) is 16.1 Å². The quantitative estimate of drug-likeness (QED) is 0.770. The number of hydrogen-bond acceptors (Lipinski definition) is 3. The summed E-state index contributed by atoms with van der Waals surface area (Å²) in [6, 6.07) is 6.27. The third-order valence-corrected chi connectivity index (χ3v) is 2.58. The van der Waals surface area contributed by atoms with Crippen molar-refractivity contribution in [3.63, 3.8) is 0 Å². The first-order valence-electron chi connectivity index (χ1n) is 5.40. The summed E-state index contributed by atoms with van der Waals surface area (Å²) in [6.45, 7) is 0. The summed E-state index contributed by atoms with van der Waals surface area (Å²) < 4.78 is 17.8. The van der Waals surface area contributed by atoms with Crippen LogP contribution in [0.2, 0.25) is 0 Å². The van der Waals surface area contributed by atoms with Crippen LogP contribution in [0.3, 0.4) is 0 Å². The van der Waals surface area contributed by atoms with Crippen LogP contribution < -0.4 is 0 Å². The number of benzene rings is 1. The minimum Gasteiger partial charge on any atom is -0.339 e. The SMILES string of the molecule is Fc1ccc(Cc2noc(CCCCl)n2)cc1. The van der Waals surface area contributed by atoms with Gasteiger partial charge in [-0.3, -0.25) is 0 Å². The standard InChI is InChI=1S/C12H12ClFN2O/c13-7-1-2-12-15-11(16-17-12)8-9-3-5-10(14)6-4-9/h3-6H,1-2,7-8H2. The van der Waals surface area contributed by atoms with E-state index in [0.717, 1.165) is 12.0 Å². The number of halogens is 2. The van der Waals surface area contributed by atoms with Gasteiger partial charge in [-0.05, 0) is 24.1 Å². The smallest absolute Gasteiger partial charge is 0.226 e. The monoisotopic (exact) mass is 254 g/mol. The molecule has 0 fully saturated rings. The van der Waals surface area contributed by atoms with Crippen molar-refractivity contribution in [3.8, 4) is 0 Å². The molecule has 0 bridgehead atoms. The summed E-state index contributed by atoms with van der Waals surface area (Å²) in [4.78, 5) is 4.24. The summed E-state index contributed by atoms with van der Waals surface area (Å²) >= 11 is 5.58. The Morgan fingerprint density at radius 3 is 2.71 bits per heavy atom. The molecule has 17 heavy (non-hydrogen) atoms. The van der Waals surface area contributed by atoms with Crippen molar-refractivity contribution in [2.24, 2.45) is 0 Å². The minimum atomic E-state index is -0.246. The second kappa shape index (κ2) is 5.77. The number of hydrogen-bond donors (Lipinski definition) is 0. The first-order valence-corrected chi connectivity index (χ1v) is 5.93. The van der Waals surface area contributed by atoms with Crippen LogP contribution in [0.1, 0.15) is 23.7 Å². The van der Waals surface area contributed by atoms with E-state index < -0.39 is 0 Å². The predicted octanol–water partition coefficient (Wildman–Crippen LogP) is 2.97. The minimum absolute atomic E-state index is 0.246. The van der Waals surface area contributed by atoms with Gasteiger partial charge in [0, 0.05) is 18.7 Å². The second-order valence-corrected chi connectivity index (χ2v) is 4.08. The molecule has 2 rings (SSSR count). The Balaban J connectivity index is 1.98. The third kappa shape index (κ3) is 3.53. The zero-order valence-electron chi connectivity index (χ0n) is 9.20. The van der Waals surface area contributed by atoms with Crippen LogP contribution in [0.5, 0.6) is 0 Å². The lowest BCUT2D eigenvalue weighted by atomic mass is 10.1. The molecule has 0 saturated carbocycles. The third-order valence-electron chi connectivity index (χ3n) is 2.31. The van der Waals surface area contributed by atoms with Gasteiger partial charge in [0.1, 0.15) is 5.82 Å². The molecule has 1 heterocycles. The maximum atomic E-state index is 12.7. The lowest BCUT2D eigenvalue weighted by molar-refractivity contribution is 0.373. The molecule has 2 aromatic rings. The van der Waals surface area contributed by atoms with Gasteiger partial charge in [0.2, 0.25) is 5.89 Å². The van der Waals surface area contributed by atoms with Crippen LogP contribution in [-0.2, 0) is 12.8 Å². The molecule has 5 heteroatoms. The maximum Gasteiger partial charge on any atom is 0.226 e. The first kappa shape index (κ1) is 12.0. The second-order valence-electron chi connectivity index (χ2n) is 3.70. The summed E-state index contributed by atoms with van der Waals surface area (Å²) in [5.41, 5.74) is 0.955. The van der Waals surface area contributed by atoms with Crippen LogP contribution in [0.4, 0.5) is 4.39 Å². The normalized spacial score (nSPS) is 10.7. The fraction of sp³-hybridized carbons (Fsp3) is 0.333. The fourth-order valence-corrected chi connectivity index (χ4v) is 1.60. The zero-order valence-corrected chi connectivity index (χ0v) is 9.95. The van der Waals surface area contributed by atoms with Crippen molar-refractivity contribution >= 4 is 11.6 Å². The molecule has 0 spiro atoms. The van der Waals surface area contributed by atoms with Gasteiger partial charge in [-0.1, -0.05) is 17.3 Å². The Morgan fingerprint density at radius 1 is 1.24 bits per heavy atom. The molecule has 1 aromatic heterocycles. The molecule has 0 saturated heterocycles. The van der Waals surface area contributed by atoms with E-state index in [0.29, 0.717) is 30.4 Å². The summed E-state index contributed by atoms with van der Waals surface area (Å²) in [6.07, 6.45) is 2.06. The van der Waals surface area contributed by atoms with E-state index in [1.165, 1.54) is 12.1 Å². The van der Waals surface area contributed by atoms with Crippen LogP contribution in [0.25, 0.3) is 0 Å². The molecule has 0 unspecified atom stereocenters. The highest BCUT2D eigenvalue weighted by molar-refractivity contribution is 6.17. The van der Waals surface area contributed by atoms with Gasteiger partial charge in [-0.25, -0.2) is 4.39 Å². The van der Waals surface area contributed by atoms with Crippen LogP contribution in [0, 0.1) is 5.82 Å². The van der Waals surface area contributed by atoms with Crippen LogP contribution in [-0.4, -0.2) is 16.0 Å². The first-order chi connectivity index (χ1) is 8.28. The van der Waals surface area contributed by atoms with Crippen LogP contribution >= 0.6 is 11.6 Å². The number of rotatable bonds is 5. The number of aromatic nitrogens is 2. The van der Waals surface area contributed by atoms with E-state index in [1.807, 2.05) is 0 Å². The number of nitrogens with zero attached hydrogens (tertiary/aromatic N) is 2.